The number of rotatable bonds is 6. The maximum absolute atomic E-state index is 11.7. The highest BCUT2D eigenvalue weighted by Gasteiger charge is 2.09. The van der Waals surface area contributed by atoms with Gasteiger partial charge in [0, 0.05) is 10.4 Å². The standard InChI is InChI=1S/C17H15N3O4S2/c18-26(22,23)15-6-3-12(4-7-15)16-8-5-13(24-16)11-19-20-17(21)10-14-2-1-9-25-14/h1-9,11H,10H2,(H,20,21)(H2,18,22,23)/b19-11+. The van der Waals surface area contributed by atoms with Gasteiger partial charge in [0.15, 0.2) is 0 Å². The molecule has 3 rings (SSSR count). The molecule has 134 valence electrons. The van der Waals surface area contributed by atoms with Crippen molar-refractivity contribution in [3.8, 4) is 11.3 Å². The first kappa shape index (κ1) is 18.1. The minimum absolute atomic E-state index is 0.0306. The van der Waals surface area contributed by atoms with Crippen LogP contribution < -0.4 is 10.6 Å². The molecular formula is C17H15N3O4S2. The summed E-state index contributed by atoms with van der Waals surface area (Å²) in [6, 6.07) is 13.2. The molecule has 2 aromatic heterocycles. The molecule has 3 aromatic rings. The van der Waals surface area contributed by atoms with Gasteiger partial charge in [-0.1, -0.05) is 6.07 Å². The lowest BCUT2D eigenvalue weighted by atomic mass is 10.2. The molecule has 2 heterocycles. The number of nitrogens with two attached hydrogens (primary N) is 1. The Bertz CT molecular complexity index is 1020. The third-order valence-electron chi connectivity index (χ3n) is 3.39. The summed E-state index contributed by atoms with van der Waals surface area (Å²) in [5.41, 5.74) is 3.13. The van der Waals surface area contributed by atoms with E-state index >= 15 is 0 Å². The molecule has 0 radical (unpaired) electrons. The predicted octanol–water partition coefficient (Wildman–Crippen LogP) is 2.35. The third kappa shape index (κ3) is 4.66. The summed E-state index contributed by atoms with van der Waals surface area (Å²) in [7, 11) is -3.73. The normalized spacial score (nSPS) is 11.7. The summed E-state index contributed by atoms with van der Waals surface area (Å²) < 4.78 is 28.1. The summed E-state index contributed by atoms with van der Waals surface area (Å²) in [5.74, 6) is 0.776. The molecule has 0 atom stereocenters. The summed E-state index contributed by atoms with van der Waals surface area (Å²) >= 11 is 1.51. The Labute approximate surface area is 154 Å². The van der Waals surface area contributed by atoms with Crippen LogP contribution in [0, 0.1) is 0 Å². The number of hydrogen-bond acceptors (Lipinski definition) is 6. The van der Waals surface area contributed by atoms with Crippen molar-refractivity contribution in [1.82, 2.24) is 5.43 Å². The Hall–Kier alpha value is -2.75. The van der Waals surface area contributed by atoms with Gasteiger partial charge in [0.25, 0.3) is 0 Å². The van der Waals surface area contributed by atoms with Crippen molar-refractivity contribution in [3.05, 3.63) is 64.5 Å². The SMILES string of the molecule is NS(=O)(=O)c1ccc(-c2ccc(/C=N/NC(=O)Cc3cccs3)o2)cc1. The summed E-state index contributed by atoms with van der Waals surface area (Å²) in [6.07, 6.45) is 1.67. The van der Waals surface area contributed by atoms with Gasteiger partial charge in [0.2, 0.25) is 15.9 Å². The van der Waals surface area contributed by atoms with Gasteiger partial charge in [0.05, 0.1) is 17.5 Å². The molecule has 1 aromatic carbocycles. The average Bonchev–Trinajstić information content (AvgIpc) is 3.26. The van der Waals surface area contributed by atoms with Gasteiger partial charge >= 0.3 is 0 Å². The van der Waals surface area contributed by atoms with Crippen LogP contribution in [0.4, 0.5) is 0 Å². The fourth-order valence-corrected chi connectivity index (χ4v) is 3.38. The maximum Gasteiger partial charge on any atom is 0.245 e. The smallest absolute Gasteiger partial charge is 0.245 e. The number of hydrogen-bond donors (Lipinski definition) is 2. The van der Waals surface area contributed by atoms with Gasteiger partial charge in [0.1, 0.15) is 11.5 Å². The molecule has 0 aliphatic heterocycles. The maximum atomic E-state index is 11.7. The largest absolute Gasteiger partial charge is 0.455 e. The Morgan fingerprint density at radius 1 is 1.19 bits per heavy atom. The third-order valence-corrected chi connectivity index (χ3v) is 5.20. The van der Waals surface area contributed by atoms with E-state index in [1.807, 2.05) is 17.5 Å². The van der Waals surface area contributed by atoms with Crippen molar-refractivity contribution in [2.24, 2.45) is 10.2 Å². The van der Waals surface area contributed by atoms with E-state index in [1.165, 1.54) is 29.7 Å². The summed E-state index contributed by atoms with van der Waals surface area (Å²) in [5, 5.41) is 10.8. The van der Waals surface area contributed by atoms with Crippen molar-refractivity contribution in [1.29, 1.82) is 0 Å². The zero-order valence-electron chi connectivity index (χ0n) is 13.5. The molecule has 7 nitrogen and oxygen atoms in total. The number of benzene rings is 1. The van der Waals surface area contributed by atoms with Crippen LogP contribution in [-0.4, -0.2) is 20.5 Å². The van der Waals surface area contributed by atoms with Crippen molar-refractivity contribution >= 4 is 33.5 Å². The second-order valence-electron chi connectivity index (χ2n) is 5.32. The minimum Gasteiger partial charge on any atom is -0.455 e. The number of amides is 1. The van der Waals surface area contributed by atoms with Crippen molar-refractivity contribution in [2.75, 3.05) is 0 Å². The number of nitrogens with zero attached hydrogens (tertiary/aromatic N) is 1. The lowest BCUT2D eigenvalue weighted by Crippen LogP contribution is -2.19. The Morgan fingerprint density at radius 3 is 2.62 bits per heavy atom. The number of nitrogens with one attached hydrogen (secondary N) is 1. The lowest BCUT2D eigenvalue weighted by molar-refractivity contribution is -0.120. The van der Waals surface area contributed by atoms with Gasteiger partial charge in [-0.3, -0.25) is 4.79 Å². The number of hydrazone groups is 1. The van der Waals surface area contributed by atoms with Crippen molar-refractivity contribution < 1.29 is 17.6 Å². The second-order valence-corrected chi connectivity index (χ2v) is 7.91. The number of furan rings is 1. The number of carbonyl (C=O) groups is 1. The van der Waals surface area contributed by atoms with Crippen LogP contribution in [0.1, 0.15) is 10.6 Å². The Morgan fingerprint density at radius 2 is 1.96 bits per heavy atom. The zero-order valence-corrected chi connectivity index (χ0v) is 15.1. The Kier molecular flexibility index (Phi) is 5.31. The average molecular weight is 389 g/mol. The molecule has 0 aliphatic rings. The zero-order chi connectivity index (χ0) is 18.6. The van der Waals surface area contributed by atoms with Crippen LogP contribution in [0.2, 0.25) is 0 Å². The highest BCUT2D eigenvalue weighted by molar-refractivity contribution is 7.89. The fourth-order valence-electron chi connectivity index (χ4n) is 2.17. The first-order chi connectivity index (χ1) is 12.4. The van der Waals surface area contributed by atoms with Gasteiger partial charge < -0.3 is 4.42 Å². The molecule has 0 aliphatic carbocycles. The molecule has 0 unspecified atom stereocenters. The quantitative estimate of drug-likeness (QED) is 0.497. The highest BCUT2D eigenvalue weighted by Crippen LogP contribution is 2.22. The second kappa shape index (κ2) is 7.65. The van der Waals surface area contributed by atoms with Crippen LogP contribution >= 0.6 is 11.3 Å². The van der Waals surface area contributed by atoms with Gasteiger partial charge in [-0.05, 0) is 47.8 Å². The van der Waals surface area contributed by atoms with E-state index in [0.29, 0.717) is 17.1 Å². The molecule has 0 saturated carbocycles. The number of thiophene rings is 1. The van der Waals surface area contributed by atoms with E-state index in [4.69, 9.17) is 9.56 Å². The molecule has 3 N–H and O–H groups in total. The topological polar surface area (TPSA) is 115 Å². The molecule has 0 bridgehead atoms. The van der Waals surface area contributed by atoms with E-state index in [9.17, 15) is 13.2 Å². The van der Waals surface area contributed by atoms with Crippen LogP contribution in [-0.2, 0) is 21.2 Å². The molecular weight excluding hydrogens is 374 g/mol. The van der Waals surface area contributed by atoms with Crippen LogP contribution in [0.3, 0.4) is 0 Å². The van der Waals surface area contributed by atoms with Gasteiger partial charge in [-0.2, -0.15) is 5.10 Å². The molecule has 26 heavy (non-hydrogen) atoms. The van der Waals surface area contributed by atoms with Crippen molar-refractivity contribution in [3.63, 3.8) is 0 Å². The van der Waals surface area contributed by atoms with Crippen LogP contribution in [0.15, 0.2) is 68.3 Å². The first-order valence-electron chi connectivity index (χ1n) is 7.49. The minimum atomic E-state index is -3.73. The number of carbonyl (C=O) groups excluding carboxylic acids is 1. The molecule has 9 heteroatoms. The van der Waals surface area contributed by atoms with Crippen LogP contribution in [0.5, 0.6) is 0 Å². The van der Waals surface area contributed by atoms with E-state index in [1.54, 1.807) is 24.3 Å². The summed E-state index contributed by atoms with van der Waals surface area (Å²) in [4.78, 5) is 12.7. The van der Waals surface area contributed by atoms with E-state index < -0.39 is 10.0 Å². The monoisotopic (exact) mass is 389 g/mol. The number of primary sulfonamides is 1. The first-order valence-corrected chi connectivity index (χ1v) is 9.92. The molecule has 0 spiro atoms. The predicted molar refractivity (Wildman–Crippen MR) is 99.3 cm³/mol. The van der Waals surface area contributed by atoms with Gasteiger partial charge in [-0.25, -0.2) is 19.0 Å². The highest BCUT2D eigenvalue weighted by atomic mass is 32.2. The molecule has 0 fully saturated rings. The van der Waals surface area contributed by atoms with Crippen molar-refractivity contribution in [2.45, 2.75) is 11.3 Å². The lowest BCUT2D eigenvalue weighted by Gasteiger charge is -2.00. The molecule has 1 amide bonds. The van der Waals surface area contributed by atoms with E-state index in [-0.39, 0.29) is 17.2 Å². The summed E-state index contributed by atoms with van der Waals surface area (Å²) in [6.45, 7) is 0. The number of sulfonamides is 1. The Balaban J connectivity index is 1.61. The van der Waals surface area contributed by atoms with E-state index in [0.717, 1.165) is 4.88 Å². The van der Waals surface area contributed by atoms with Crippen LogP contribution in [0.25, 0.3) is 11.3 Å². The fraction of sp³-hybridized carbons (Fsp3) is 0.0588. The van der Waals surface area contributed by atoms with E-state index in [2.05, 4.69) is 10.5 Å². The van der Waals surface area contributed by atoms with Gasteiger partial charge in [-0.15, -0.1) is 11.3 Å². The molecule has 0 saturated heterocycles.